The van der Waals surface area contributed by atoms with Crippen LogP contribution in [0.4, 0.5) is 10.8 Å². The average molecular weight is 308 g/mol. The molecule has 1 aliphatic carbocycles. The second-order valence-corrected chi connectivity index (χ2v) is 7.18. The number of rotatable bonds is 4. The van der Waals surface area contributed by atoms with E-state index in [4.69, 9.17) is 5.73 Å². The van der Waals surface area contributed by atoms with Crippen LogP contribution < -0.4 is 11.1 Å². The molecule has 3 rings (SSSR count). The van der Waals surface area contributed by atoms with E-state index in [9.17, 15) is 0 Å². The first kappa shape index (κ1) is 13.8. The van der Waals surface area contributed by atoms with Gasteiger partial charge in [0, 0.05) is 17.1 Å². The third-order valence-corrected chi connectivity index (χ3v) is 5.79. The Morgan fingerprint density at radius 2 is 2.15 bits per heavy atom. The van der Waals surface area contributed by atoms with E-state index in [2.05, 4.69) is 27.0 Å². The van der Waals surface area contributed by atoms with Gasteiger partial charge in [0.1, 0.15) is 15.8 Å². The lowest BCUT2D eigenvalue weighted by molar-refractivity contribution is 0.483. The van der Waals surface area contributed by atoms with E-state index in [-0.39, 0.29) is 0 Å². The lowest BCUT2D eigenvalue weighted by Gasteiger charge is -2.20. The van der Waals surface area contributed by atoms with Gasteiger partial charge in [0.2, 0.25) is 0 Å². The molecule has 20 heavy (non-hydrogen) atoms. The molecule has 108 valence electrons. The van der Waals surface area contributed by atoms with E-state index < -0.39 is 0 Å². The summed E-state index contributed by atoms with van der Waals surface area (Å²) in [6, 6.07) is 0.470. The molecule has 2 aromatic heterocycles. The molecule has 1 unspecified atom stereocenters. The highest BCUT2D eigenvalue weighted by molar-refractivity contribution is 7.15. The molecule has 4 nitrogen and oxygen atoms in total. The van der Waals surface area contributed by atoms with Gasteiger partial charge in [0.15, 0.2) is 0 Å². The molecule has 0 amide bonds. The number of nitrogen functional groups attached to an aromatic ring is 1. The van der Waals surface area contributed by atoms with Crippen LogP contribution in [-0.2, 0) is 0 Å². The molecule has 0 bridgehead atoms. The van der Waals surface area contributed by atoms with Crippen LogP contribution >= 0.6 is 22.9 Å². The zero-order chi connectivity index (χ0) is 14.1. The standard InChI is InChI=1S/C14H20N4S2/c1-8-7-19-13(16-8)11-12(15)18-20-14(11)17-9(2)10-5-3-4-6-10/h7,9-10,17H,3-6H2,1-2H3,(H2,15,18). The molecule has 0 aromatic carbocycles. The smallest absolute Gasteiger partial charge is 0.149 e. The van der Waals surface area contributed by atoms with Crippen molar-refractivity contribution < 1.29 is 0 Å². The number of nitrogens with two attached hydrogens (primary N) is 1. The third-order valence-electron chi connectivity index (χ3n) is 4.02. The van der Waals surface area contributed by atoms with Crippen molar-refractivity contribution in [1.29, 1.82) is 0 Å². The highest BCUT2D eigenvalue weighted by Gasteiger charge is 2.24. The first-order valence-corrected chi connectivity index (χ1v) is 8.74. The minimum Gasteiger partial charge on any atom is -0.382 e. The number of thiazole rings is 1. The molecule has 6 heteroatoms. The third kappa shape index (κ3) is 2.67. The molecule has 0 radical (unpaired) electrons. The van der Waals surface area contributed by atoms with Gasteiger partial charge in [-0.05, 0) is 44.1 Å². The summed E-state index contributed by atoms with van der Waals surface area (Å²) >= 11 is 3.08. The normalized spacial score (nSPS) is 17.5. The Hall–Kier alpha value is -1.14. The Balaban J connectivity index is 1.83. The Bertz CT molecular complexity index is 584. The van der Waals surface area contributed by atoms with Crippen molar-refractivity contribution in [2.24, 2.45) is 5.92 Å². The highest BCUT2D eigenvalue weighted by Crippen LogP contribution is 2.40. The van der Waals surface area contributed by atoms with Crippen molar-refractivity contribution in [2.75, 3.05) is 11.1 Å². The second kappa shape index (κ2) is 5.69. The van der Waals surface area contributed by atoms with Gasteiger partial charge in [0.25, 0.3) is 0 Å². The number of nitrogens with one attached hydrogen (secondary N) is 1. The molecular formula is C14H20N4S2. The number of hydrogen-bond acceptors (Lipinski definition) is 6. The van der Waals surface area contributed by atoms with E-state index in [0.717, 1.165) is 27.2 Å². The Kier molecular flexibility index (Phi) is 3.94. The quantitative estimate of drug-likeness (QED) is 0.890. The number of aromatic nitrogens is 2. The maximum absolute atomic E-state index is 6.04. The summed E-state index contributed by atoms with van der Waals surface area (Å²) < 4.78 is 4.31. The van der Waals surface area contributed by atoms with Crippen LogP contribution in [0.25, 0.3) is 10.6 Å². The van der Waals surface area contributed by atoms with Crippen molar-refractivity contribution in [2.45, 2.75) is 45.6 Å². The second-order valence-electron chi connectivity index (χ2n) is 5.54. The summed E-state index contributed by atoms with van der Waals surface area (Å²) in [7, 11) is 0. The minimum atomic E-state index is 0.470. The lowest BCUT2D eigenvalue weighted by atomic mass is 10.00. The predicted octanol–water partition coefficient (Wildman–Crippen LogP) is 4.15. The zero-order valence-electron chi connectivity index (χ0n) is 11.8. The van der Waals surface area contributed by atoms with E-state index >= 15 is 0 Å². The molecule has 2 heterocycles. The zero-order valence-corrected chi connectivity index (χ0v) is 13.5. The summed E-state index contributed by atoms with van der Waals surface area (Å²) in [4.78, 5) is 4.54. The van der Waals surface area contributed by atoms with E-state index in [1.54, 1.807) is 11.3 Å². The van der Waals surface area contributed by atoms with Crippen LogP contribution in [0.5, 0.6) is 0 Å². The van der Waals surface area contributed by atoms with E-state index in [1.165, 1.54) is 37.2 Å². The molecule has 1 aliphatic rings. The van der Waals surface area contributed by atoms with Gasteiger partial charge in [0.05, 0.1) is 5.56 Å². The maximum atomic E-state index is 6.04. The van der Waals surface area contributed by atoms with Gasteiger partial charge < -0.3 is 11.1 Å². The Morgan fingerprint density at radius 1 is 1.40 bits per heavy atom. The van der Waals surface area contributed by atoms with Crippen LogP contribution in [0.3, 0.4) is 0 Å². The van der Waals surface area contributed by atoms with Crippen molar-refractivity contribution in [3.63, 3.8) is 0 Å². The largest absolute Gasteiger partial charge is 0.382 e. The van der Waals surface area contributed by atoms with Gasteiger partial charge in [-0.3, -0.25) is 0 Å². The molecule has 1 atom stereocenters. The first-order valence-electron chi connectivity index (χ1n) is 7.09. The summed E-state index contributed by atoms with van der Waals surface area (Å²) in [6.07, 6.45) is 5.38. The molecule has 3 N–H and O–H groups in total. The average Bonchev–Trinajstić information content (AvgIpc) is 3.11. The molecular weight excluding hydrogens is 288 g/mol. The minimum absolute atomic E-state index is 0.470. The fourth-order valence-electron chi connectivity index (χ4n) is 2.86. The van der Waals surface area contributed by atoms with Crippen LogP contribution in [0.1, 0.15) is 38.3 Å². The fourth-order valence-corrected chi connectivity index (χ4v) is 4.59. The maximum Gasteiger partial charge on any atom is 0.149 e. The van der Waals surface area contributed by atoms with Gasteiger partial charge in [-0.15, -0.1) is 11.3 Å². The molecule has 1 saturated carbocycles. The highest BCUT2D eigenvalue weighted by atomic mass is 32.1. The number of hydrogen-bond donors (Lipinski definition) is 2. The topological polar surface area (TPSA) is 63.8 Å². The monoisotopic (exact) mass is 308 g/mol. The van der Waals surface area contributed by atoms with Crippen LogP contribution in [0.2, 0.25) is 0 Å². The van der Waals surface area contributed by atoms with Gasteiger partial charge in [-0.2, -0.15) is 4.37 Å². The summed E-state index contributed by atoms with van der Waals surface area (Å²) in [5, 5.41) is 7.71. The molecule has 0 spiro atoms. The van der Waals surface area contributed by atoms with Crippen LogP contribution in [0.15, 0.2) is 5.38 Å². The molecule has 0 aliphatic heterocycles. The predicted molar refractivity (Wildman–Crippen MR) is 87.4 cm³/mol. The van der Waals surface area contributed by atoms with Crippen LogP contribution in [0, 0.1) is 12.8 Å². The SMILES string of the molecule is Cc1csc(-c2c(N)nsc2NC(C)C2CCCC2)n1. The summed E-state index contributed by atoms with van der Waals surface area (Å²) in [6.45, 7) is 4.27. The lowest BCUT2D eigenvalue weighted by Crippen LogP contribution is -2.23. The van der Waals surface area contributed by atoms with Gasteiger partial charge >= 0.3 is 0 Å². The number of aryl methyl sites for hydroxylation is 1. The van der Waals surface area contributed by atoms with Gasteiger partial charge in [-0.25, -0.2) is 4.98 Å². The fraction of sp³-hybridized carbons (Fsp3) is 0.571. The Labute approximate surface area is 127 Å². The first-order chi connectivity index (χ1) is 9.65. The molecule has 2 aromatic rings. The van der Waals surface area contributed by atoms with Crippen molar-refractivity contribution in [3.05, 3.63) is 11.1 Å². The van der Waals surface area contributed by atoms with Crippen molar-refractivity contribution in [1.82, 2.24) is 9.36 Å². The number of nitrogens with zero attached hydrogens (tertiary/aromatic N) is 2. The van der Waals surface area contributed by atoms with Crippen LogP contribution in [-0.4, -0.2) is 15.4 Å². The molecule has 1 fully saturated rings. The van der Waals surface area contributed by atoms with E-state index in [0.29, 0.717) is 11.9 Å². The Morgan fingerprint density at radius 3 is 2.80 bits per heavy atom. The molecule has 0 saturated heterocycles. The summed E-state index contributed by atoms with van der Waals surface area (Å²) in [5.41, 5.74) is 8.05. The van der Waals surface area contributed by atoms with E-state index in [1.807, 2.05) is 6.92 Å². The van der Waals surface area contributed by atoms with Crippen molar-refractivity contribution >= 4 is 33.7 Å². The van der Waals surface area contributed by atoms with Gasteiger partial charge in [-0.1, -0.05) is 12.8 Å². The van der Waals surface area contributed by atoms with Crippen molar-refractivity contribution in [3.8, 4) is 10.6 Å². The number of anilines is 2. The summed E-state index contributed by atoms with van der Waals surface area (Å²) in [5.74, 6) is 1.36.